The van der Waals surface area contributed by atoms with Crippen LogP contribution in [0, 0.1) is 17.8 Å². The number of hydrogen-bond donors (Lipinski definition) is 1. The molecule has 2 nitrogen and oxygen atoms in total. The molecular weight excluding hydrogens is 234 g/mol. The predicted octanol–water partition coefficient (Wildman–Crippen LogP) is 4.24. The molecule has 1 aliphatic carbocycles. The van der Waals surface area contributed by atoms with E-state index in [1.165, 1.54) is 44.9 Å². The molecule has 19 heavy (non-hydrogen) atoms. The molecule has 0 radical (unpaired) electrons. The summed E-state index contributed by atoms with van der Waals surface area (Å²) in [4.78, 5) is 0. The molecule has 1 saturated carbocycles. The summed E-state index contributed by atoms with van der Waals surface area (Å²) in [6, 6.07) is 0.724. The summed E-state index contributed by atoms with van der Waals surface area (Å²) >= 11 is 0. The molecule has 3 atom stereocenters. The van der Waals surface area contributed by atoms with Gasteiger partial charge >= 0.3 is 0 Å². The van der Waals surface area contributed by atoms with Crippen LogP contribution in [0.2, 0.25) is 0 Å². The SMILES string of the molecule is CCCC1CCC(NC)C(CCOCCC(C)C)C1. The van der Waals surface area contributed by atoms with Gasteiger partial charge in [-0.2, -0.15) is 0 Å². The first-order valence-corrected chi connectivity index (χ1v) is 8.42. The zero-order valence-corrected chi connectivity index (χ0v) is 13.6. The van der Waals surface area contributed by atoms with E-state index < -0.39 is 0 Å². The monoisotopic (exact) mass is 269 g/mol. The zero-order valence-electron chi connectivity index (χ0n) is 13.6. The zero-order chi connectivity index (χ0) is 14.1. The Morgan fingerprint density at radius 1 is 1.16 bits per heavy atom. The molecule has 3 unspecified atom stereocenters. The molecule has 114 valence electrons. The van der Waals surface area contributed by atoms with E-state index in [0.29, 0.717) is 0 Å². The van der Waals surface area contributed by atoms with E-state index in [-0.39, 0.29) is 0 Å². The smallest absolute Gasteiger partial charge is 0.0469 e. The van der Waals surface area contributed by atoms with Gasteiger partial charge in [-0.1, -0.05) is 33.6 Å². The fourth-order valence-corrected chi connectivity index (χ4v) is 3.39. The third-order valence-corrected chi connectivity index (χ3v) is 4.63. The van der Waals surface area contributed by atoms with Gasteiger partial charge in [0.15, 0.2) is 0 Å². The lowest BCUT2D eigenvalue weighted by atomic mass is 9.75. The van der Waals surface area contributed by atoms with E-state index in [4.69, 9.17) is 4.74 Å². The van der Waals surface area contributed by atoms with Crippen LogP contribution in [0.1, 0.15) is 65.7 Å². The van der Waals surface area contributed by atoms with Gasteiger partial charge < -0.3 is 10.1 Å². The predicted molar refractivity (Wildman–Crippen MR) is 83.5 cm³/mol. The highest BCUT2D eigenvalue weighted by Crippen LogP contribution is 2.33. The Kier molecular flexibility index (Phi) is 8.72. The van der Waals surface area contributed by atoms with Crippen molar-refractivity contribution in [2.45, 2.75) is 71.8 Å². The van der Waals surface area contributed by atoms with Gasteiger partial charge in [-0.15, -0.1) is 0 Å². The van der Waals surface area contributed by atoms with Crippen molar-refractivity contribution < 1.29 is 4.74 Å². The molecule has 2 heteroatoms. The first-order valence-electron chi connectivity index (χ1n) is 8.42. The molecule has 0 aromatic heterocycles. The maximum Gasteiger partial charge on any atom is 0.0469 e. The molecule has 0 heterocycles. The molecule has 0 aromatic rings. The average molecular weight is 269 g/mol. The Morgan fingerprint density at radius 2 is 1.95 bits per heavy atom. The van der Waals surface area contributed by atoms with Gasteiger partial charge in [0.1, 0.15) is 0 Å². The van der Waals surface area contributed by atoms with Crippen LogP contribution in [0.4, 0.5) is 0 Å². The van der Waals surface area contributed by atoms with Gasteiger partial charge in [0.05, 0.1) is 0 Å². The van der Waals surface area contributed by atoms with Crippen LogP contribution in [-0.2, 0) is 4.74 Å². The molecule has 1 fully saturated rings. The largest absolute Gasteiger partial charge is 0.381 e. The molecule has 0 bridgehead atoms. The molecule has 0 saturated heterocycles. The molecule has 1 rings (SSSR count). The summed E-state index contributed by atoms with van der Waals surface area (Å²) < 4.78 is 5.81. The first-order chi connectivity index (χ1) is 9.17. The van der Waals surface area contributed by atoms with Crippen LogP contribution >= 0.6 is 0 Å². The Labute approximate surface area is 120 Å². The topological polar surface area (TPSA) is 21.3 Å². The second-order valence-corrected chi connectivity index (χ2v) is 6.71. The van der Waals surface area contributed by atoms with Crippen molar-refractivity contribution in [1.82, 2.24) is 5.32 Å². The molecule has 1 aliphatic rings. The van der Waals surface area contributed by atoms with Gasteiger partial charge in [0.25, 0.3) is 0 Å². The fourth-order valence-electron chi connectivity index (χ4n) is 3.39. The van der Waals surface area contributed by atoms with Gasteiger partial charge in [0, 0.05) is 19.3 Å². The highest BCUT2D eigenvalue weighted by Gasteiger charge is 2.28. The average Bonchev–Trinajstić information content (AvgIpc) is 2.38. The first kappa shape index (κ1) is 17.0. The van der Waals surface area contributed by atoms with Crippen molar-refractivity contribution in [2.75, 3.05) is 20.3 Å². The minimum absolute atomic E-state index is 0.724. The van der Waals surface area contributed by atoms with E-state index in [1.807, 2.05) is 0 Å². The fraction of sp³-hybridized carbons (Fsp3) is 1.00. The van der Waals surface area contributed by atoms with Gasteiger partial charge in [-0.25, -0.2) is 0 Å². The van der Waals surface area contributed by atoms with E-state index >= 15 is 0 Å². The van der Waals surface area contributed by atoms with Crippen molar-refractivity contribution in [3.8, 4) is 0 Å². The lowest BCUT2D eigenvalue weighted by Gasteiger charge is -2.36. The van der Waals surface area contributed by atoms with E-state index in [0.717, 1.165) is 37.0 Å². The summed E-state index contributed by atoms with van der Waals surface area (Å²) in [6.07, 6.45) is 9.38. The Hall–Kier alpha value is -0.0800. The van der Waals surface area contributed by atoms with E-state index in [9.17, 15) is 0 Å². The molecule has 0 spiro atoms. The van der Waals surface area contributed by atoms with Crippen LogP contribution in [0.5, 0.6) is 0 Å². The molecule has 0 aromatic carbocycles. The number of ether oxygens (including phenoxy) is 1. The Morgan fingerprint density at radius 3 is 2.58 bits per heavy atom. The maximum atomic E-state index is 5.81. The summed E-state index contributed by atoms with van der Waals surface area (Å²) in [6.45, 7) is 8.73. The minimum Gasteiger partial charge on any atom is -0.381 e. The number of rotatable bonds is 9. The number of hydrogen-bond acceptors (Lipinski definition) is 2. The van der Waals surface area contributed by atoms with Crippen LogP contribution in [0.25, 0.3) is 0 Å². The standard InChI is InChI=1S/C17H35NO/c1-5-6-15-7-8-17(18-4)16(13-15)10-12-19-11-9-14(2)3/h14-18H,5-13H2,1-4H3. The Balaban J connectivity index is 2.23. The van der Waals surface area contributed by atoms with Gasteiger partial charge in [-0.05, 0) is 56.9 Å². The molecule has 0 amide bonds. The number of nitrogens with one attached hydrogen (secondary N) is 1. The van der Waals surface area contributed by atoms with Crippen LogP contribution in [0.15, 0.2) is 0 Å². The second-order valence-electron chi connectivity index (χ2n) is 6.71. The molecule has 1 N–H and O–H groups in total. The maximum absolute atomic E-state index is 5.81. The third kappa shape index (κ3) is 6.76. The summed E-state index contributed by atoms with van der Waals surface area (Å²) in [7, 11) is 2.12. The summed E-state index contributed by atoms with van der Waals surface area (Å²) in [5, 5.41) is 3.52. The van der Waals surface area contributed by atoms with Crippen molar-refractivity contribution in [3.05, 3.63) is 0 Å². The van der Waals surface area contributed by atoms with E-state index in [1.54, 1.807) is 0 Å². The normalized spacial score (nSPS) is 27.9. The van der Waals surface area contributed by atoms with Crippen LogP contribution < -0.4 is 5.32 Å². The van der Waals surface area contributed by atoms with Gasteiger partial charge in [0.2, 0.25) is 0 Å². The summed E-state index contributed by atoms with van der Waals surface area (Å²) in [5.41, 5.74) is 0. The highest BCUT2D eigenvalue weighted by molar-refractivity contribution is 4.83. The third-order valence-electron chi connectivity index (χ3n) is 4.63. The van der Waals surface area contributed by atoms with Crippen LogP contribution in [0.3, 0.4) is 0 Å². The minimum atomic E-state index is 0.724. The summed E-state index contributed by atoms with van der Waals surface area (Å²) in [5.74, 6) is 2.55. The van der Waals surface area contributed by atoms with Gasteiger partial charge in [-0.3, -0.25) is 0 Å². The van der Waals surface area contributed by atoms with Crippen LogP contribution in [-0.4, -0.2) is 26.3 Å². The highest BCUT2D eigenvalue weighted by atomic mass is 16.5. The lowest BCUT2D eigenvalue weighted by Crippen LogP contribution is -2.39. The van der Waals surface area contributed by atoms with Crippen molar-refractivity contribution in [2.24, 2.45) is 17.8 Å². The van der Waals surface area contributed by atoms with Crippen molar-refractivity contribution in [1.29, 1.82) is 0 Å². The van der Waals surface area contributed by atoms with Crippen molar-refractivity contribution in [3.63, 3.8) is 0 Å². The van der Waals surface area contributed by atoms with Crippen molar-refractivity contribution >= 4 is 0 Å². The quantitative estimate of drug-likeness (QED) is 0.632. The molecule has 0 aliphatic heterocycles. The lowest BCUT2D eigenvalue weighted by molar-refractivity contribution is 0.0898. The van der Waals surface area contributed by atoms with E-state index in [2.05, 4.69) is 33.1 Å². The second kappa shape index (κ2) is 9.77. The molecular formula is C17H35NO. The Bertz CT molecular complexity index is 217.